The molecule has 76 valence electrons. The van der Waals surface area contributed by atoms with Crippen LogP contribution in [0.15, 0.2) is 30.3 Å². The number of aliphatic hydroxyl groups excluding tert-OH is 1. The molecule has 0 amide bonds. The second kappa shape index (κ2) is 4.59. The lowest BCUT2D eigenvalue weighted by atomic mass is 10.0. The van der Waals surface area contributed by atoms with Crippen LogP contribution in [-0.4, -0.2) is 22.2 Å². The summed E-state index contributed by atoms with van der Waals surface area (Å²) in [5.74, 6) is 0.279. The normalized spacial score (nSPS) is 32.0. The zero-order valence-corrected chi connectivity index (χ0v) is 9.92. The molecular weight excluding hydrogens is 291 g/mol. The van der Waals surface area contributed by atoms with E-state index in [2.05, 4.69) is 34.7 Å². The lowest BCUT2D eigenvalue weighted by Gasteiger charge is -2.15. The Bertz CT molecular complexity index is 289. The van der Waals surface area contributed by atoms with Gasteiger partial charge in [0.2, 0.25) is 0 Å². The van der Waals surface area contributed by atoms with E-state index in [1.54, 1.807) is 0 Å². The number of benzene rings is 1. The molecule has 0 spiro atoms. The monoisotopic (exact) mass is 304 g/mol. The van der Waals surface area contributed by atoms with Crippen molar-refractivity contribution in [2.45, 2.75) is 10.0 Å². The van der Waals surface area contributed by atoms with Crippen LogP contribution in [0.2, 0.25) is 0 Å². The predicted octanol–water partition coefficient (Wildman–Crippen LogP) is 2.17. The highest BCUT2D eigenvalue weighted by Crippen LogP contribution is 2.37. The Kier molecular flexibility index (Phi) is 3.41. The quantitative estimate of drug-likeness (QED) is 0.670. The first-order chi connectivity index (χ1) is 6.83. The minimum Gasteiger partial charge on any atom is -0.396 e. The molecule has 0 aliphatic carbocycles. The van der Waals surface area contributed by atoms with E-state index in [-0.39, 0.29) is 18.6 Å². The molecule has 0 saturated carbocycles. The summed E-state index contributed by atoms with van der Waals surface area (Å²) in [4.78, 5) is 0. The maximum atomic E-state index is 9.12. The van der Waals surface area contributed by atoms with E-state index in [0.29, 0.717) is 10.5 Å². The average Bonchev–Trinajstić information content (AvgIpc) is 2.61. The lowest BCUT2D eigenvalue weighted by molar-refractivity contribution is 0.103. The van der Waals surface area contributed by atoms with Gasteiger partial charge in [-0.25, -0.2) is 0 Å². The van der Waals surface area contributed by atoms with Crippen molar-refractivity contribution < 1.29 is 9.84 Å². The zero-order chi connectivity index (χ0) is 9.97. The van der Waals surface area contributed by atoms with Crippen molar-refractivity contribution >= 4 is 22.6 Å². The predicted molar refractivity (Wildman–Crippen MR) is 63.5 cm³/mol. The van der Waals surface area contributed by atoms with Crippen LogP contribution in [0, 0.1) is 5.92 Å². The largest absolute Gasteiger partial charge is 0.396 e. The minimum absolute atomic E-state index is 0.147. The smallest absolute Gasteiger partial charge is 0.0947 e. The van der Waals surface area contributed by atoms with Gasteiger partial charge in [-0.1, -0.05) is 52.9 Å². The van der Waals surface area contributed by atoms with Gasteiger partial charge < -0.3 is 9.84 Å². The number of alkyl halides is 1. The minimum atomic E-state index is 0.147. The SMILES string of the molecule is OC[C@H]1CO[C@@H](c2ccccc2)[C@@H]1I. The number of rotatable bonds is 2. The number of hydrogen-bond acceptors (Lipinski definition) is 2. The fourth-order valence-corrected chi connectivity index (χ4v) is 2.79. The van der Waals surface area contributed by atoms with E-state index >= 15 is 0 Å². The number of hydrogen-bond donors (Lipinski definition) is 1. The third-order valence-electron chi connectivity index (χ3n) is 2.59. The Labute approximate surface area is 97.4 Å². The molecular formula is C11H13IO2. The van der Waals surface area contributed by atoms with Gasteiger partial charge in [-0.3, -0.25) is 0 Å². The maximum absolute atomic E-state index is 9.12. The van der Waals surface area contributed by atoms with Crippen LogP contribution in [0.3, 0.4) is 0 Å². The summed E-state index contributed by atoms with van der Waals surface area (Å²) >= 11 is 2.37. The average molecular weight is 304 g/mol. The van der Waals surface area contributed by atoms with Gasteiger partial charge in [0.25, 0.3) is 0 Å². The highest BCUT2D eigenvalue weighted by Gasteiger charge is 2.35. The first-order valence-corrected chi connectivity index (χ1v) is 5.99. The molecule has 3 atom stereocenters. The first-order valence-electron chi connectivity index (χ1n) is 4.74. The summed E-state index contributed by atoms with van der Waals surface area (Å²) in [5.41, 5.74) is 1.21. The Morgan fingerprint density at radius 3 is 2.64 bits per heavy atom. The molecule has 14 heavy (non-hydrogen) atoms. The third-order valence-corrected chi connectivity index (χ3v) is 4.26. The van der Waals surface area contributed by atoms with Crippen LogP contribution in [0.1, 0.15) is 11.7 Å². The molecule has 2 nitrogen and oxygen atoms in total. The Hall–Kier alpha value is -0.130. The molecule has 1 aliphatic heterocycles. The van der Waals surface area contributed by atoms with Gasteiger partial charge in [0, 0.05) is 16.4 Å². The van der Waals surface area contributed by atoms with E-state index in [0.717, 1.165) is 0 Å². The topological polar surface area (TPSA) is 29.5 Å². The molecule has 1 aromatic carbocycles. The molecule has 1 aromatic rings. The van der Waals surface area contributed by atoms with Gasteiger partial charge in [0.15, 0.2) is 0 Å². The molecule has 0 aromatic heterocycles. The summed E-state index contributed by atoms with van der Waals surface area (Å²) in [6, 6.07) is 10.2. The van der Waals surface area contributed by atoms with Crippen LogP contribution >= 0.6 is 22.6 Å². The Balaban J connectivity index is 2.14. The highest BCUT2D eigenvalue weighted by atomic mass is 127. The zero-order valence-electron chi connectivity index (χ0n) is 7.77. The van der Waals surface area contributed by atoms with Gasteiger partial charge in [0.1, 0.15) is 0 Å². The van der Waals surface area contributed by atoms with Crippen molar-refractivity contribution in [1.82, 2.24) is 0 Å². The second-order valence-corrected chi connectivity index (χ2v) is 4.99. The lowest BCUT2D eigenvalue weighted by Crippen LogP contribution is -2.17. The van der Waals surface area contributed by atoms with E-state index < -0.39 is 0 Å². The fourth-order valence-electron chi connectivity index (χ4n) is 1.73. The van der Waals surface area contributed by atoms with E-state index in [9.17, 15) is 0 Å². The second-order valence-electron chi connectivity index (χ2n) is 3.55. The van der Waals surface area contributed by atoms with Gasteiger partial charge in [-0.05, 0) is 5.56 Å². The molecule has 1 heterocycles. The summed E-state index contributed by atoms with van der Waals surface area (Å²) in [6.45, 7) is 0.889. The molecule has 3 heteroatoms. The molecule has 1 N–H and O–H groups in total. The van der Waals surface area contributed by atoms with Crippen molar-refractivity contribution in [3.8, 4) is 0 Å². The Morgan fingerprint density at radius 2 is 2.07 bits per heavy atom. The maximum Gasteiger partial charge on any atom is 0.0947 e. The molecule has 1 saturated heterocycles. The van der Waals surface area contributed by atoms with Gasteiger partial charge >= 0.3 is 0 Å². The van der Waals surface area contributed by atoms with Gasteiger partial charge in [-0.2, -0.15) is 0 Å². The van der Waals surface area contributed by atoms with Crippen molar-refractivity contribution in [1.29, 1.82) is 0 Å². The van der Waals surface area contributed by atoms with E-state index in [4.69, 9.17) is 9.84 Å². The van der Waals surface area contributed by atoms with E-state index in [1.165, 1.54) is 5.56 Å². The third kappa shape index (κ3) is 1.94. The van der Waals surface area contributed by atoms with Crippen molar-refractivity contribution in [3.63, 3.8) is 0 Å². The first kappa shape index (κ1) is 10.4. The van der Waals surface area contributed by atoms with Crippen LogP contribution in [0.25, 0.3) is 0 Å². The fraction of sp³-hybridized carbons (Fsp3) is 0.455. The molecule has 1 fully saturated rings. The van der Waals surface area contributed by atoms with Gasteiger partial charge in [-0.15, -0.1) is 0 Å². The standard InChI is InChI=1S/C11H13IO2/c12-10-9(6-13)7-14-11(10)8-4-2-1-3-5-8/h1-5,9-11,13H,6-7H2/t9-,10+,11-/m0/s1. The van der Waals surface area contributed by atoms with Gasteiger partial charge in [0.05, 0.1) is 12.7 Å². The summed E-state index contributed by atoms with van der Waals surface area (Å²) < 4.78 is 6.06. The van der Waals surface area contributed by atoms with Crippen LogP contribution in [0.4, 0.5) is 0 Å². The van der Waals surface area contributed by atoms with Crippen molar-refractivity contribution in [2.75, 3.05) is 13.2 Å². The summed E-state index contributed by atoms with van der Waals surface area (Å²) in [5, 5.41) is 9.12. The van der Waals surface area contributed by atoms with Crippen molar-refractivity contribution in [2.24, 2.45) is 5.92 Å². The summed E-state index contributed by atoms with van der Waals surface area (Å²) in [7, 11) is 0. The number of aliphatic hydroxyl groups is 1. The molecule has 1 aliphatic rings. The molecule has 0 bridgehead atoms. The highest BCUT2D eigenvalue weighted by molar-refractivity contribution is 14.1. The molecule has 0 unspecified atom stereocenters. The summed E-state index contributed by atoms with van der Waals surface area (Å²) in [6.07, 6.45) is 0.147. The van der Waals surface area contributed by atoms with Crippen molar-refractivity contribution in [3.05, 3.63) is 35.9 Å². The number of halogens is 1. The molecule has 2 rings (SSSR count). The van der Waals surface area contributed by atoms with Crippen LogP contribution in [-0.2, 0) is 4.74 Å². The molecule has 0 radical (unpaired) electrons. The van der Waals surface area contributed by atoms with Crippen LogP contribution in [0.5, 0.6) is 0 Å². The number of ether oxygens (including phenoxy) is 1. The Morgan fingerprint density at radius 1 is 1.36 bits per heavy atom. The van der Waals surface area contributed by atoms with E-state index in [1.807, 2.05) is 18.2 Å². The van der Waals surface area contributed by atoms with Crippen LogP contribution < -0.4 is 0 Å².